The molecule has 0 aliphatic rings. The highest BCUT2D eigenvalue weighted by atomic mass is 32.2. The zero-order chi connectivity index (χ0) is 18.9. The molecule has 2 rings (SSSR count). The number of hydrogen-bond acceptors (Lipinski definition) is 2. The quantitative estimate of drug-likeness (QED) is 0.803. The molecule has 8 heteroatoms. The van der Waals surface area contributed by atoms with E-state index < -0.39 is 28.7 Å². The summed E-state index contributed by atoms with van der Waals surface area (Å²) in [7, 11) is 0. The van der Waals surface area contributed by atoms with Gasteiger partial charge < -0.3 is 4.55 Å². The van der Waals surface area contributed by atoms with Crippen LogP contribution in [0, 0.1) is 13.8 Å². The van der Waals surface area contributed by atoms with Crippen LogP contribution in [0.2, 0.25) is 0 Å². The minimum atomic E-state index is -4.62. The van der Waals surface area contributed by atoms with Gasteiger partial charge in [0, 0.05) is 12.6 Å². The number of carbonyl (C=O) groups excluding carboxylic acids is 1. The number of amides is 1. The van der Waals surface area contributed by atoms with Crippen LogP contribution in [-0.2, 0) is 22.1 Å². The van der Waals surface area contributed by atoms with Gasteiger partial charge in [-0.25, -0.2) is 4.21 Å². The molecule has 1 unspecified atom stereocenters. The van der Waals surface area contributed by atoms with E-state index >= 15 is 0 Å². The Bertz CT molecular complexity index is 826. The van der Waals surface area contributed by atoms with Gasteiger partial charge in [-0.05, 0) is 49.2 Å². The van der Waals surface area contributed by atoms with Crippen LogP contribution < -0.4 is 4.90 Å². The first-order chi connectivity index (χ1) is 11.5. The van der Waals surface area contributed by atoms with E-state index in [1.807, 2.05) is 0 Å². The minimum Gasteiger partial charge on any atom is -0.302 e. The van der Waals surface area contributed by atoms with E-state index in [1.165, 1.54) is 30.3 Å². The fourth-order valence-electron chi connectivity index (χ4n) is 2.73. The molecule has 2 aromatic carbocycles. The minimum absolute atomic E-state index is 0.177. The van der Waals surface area contributed by atoms with E-state index in [-0.39, 0.29) is 16.3 Å². The van der Waals surface area contributed by atoms with Gasteiger partial charge in [0.05, 0.1) is 16.1 Å². The SMILES string of the molecule is CC(=O)N(c1cc(C)c(S(=O)O)c(C)c1)c1ccccc1C(F)(F)F. The maximum atomic E-state index is 13.3. The lowest BCUT2D eigenvalue weighted by Gasteiger charge is -2.26. The summed E-state index contributed by atoms with van der Waals surface area (Å²) >= 11 is -2.23. The molecule has 0 heterocycles. The Morgan fingerprint density at radius 3 is 2.08 bits per heavy atom. The highest BCUT2D eigenvalue weighted by molar-refractivity contribution is 7.79. The second kappa shape index (κ2) is 6.97. The summed E-state index contributed by atoms with van der Waals surface area (Å²) < 4.78 is 60.6. The Kier molecular flexibility index (Phi) is 5.34. The topological polar surface area (TPSA) is 57.6 Å². The molecule has 25 heavy (non-hydrogen) atoms. The van der Waals surface area contributed by atoms with Crippen LogP contribution >= 0.6 is 0 Å². The Morgan fingerprint density at radius 1 is 1.12 bits per heavy atom. The molecular formula is C17H16F3NO3S. The first-order valence-corrected chi connectivity index (χ1v) is 8.33. The summed E-state index contributed by atoms with van der Waals surface area (Å²) in [5.74, 6) is -0.603. The summed E-state index contributed by atoms with van der Waals surface area (Å²) in [5.41, 5.74) is -0.207. The van der Waals surface area contributed by atoms with Crippen molar-refractivity contribution in [2.45, 2.75) is 31.8 Å². The van der Waals surface area contributed by atoms with Gasteiger partial charge in [-0.3, -0.25) is 9.69 Å². The number of halogens is 3. The molecule has 0 saturated heterocycles. The van der Waals surface area contributed by atoms with E-state index in [0.29, 0.717) is 11.1 Å². The molecular weight excluding hydrogens is 355 g/mol. The number of hydrogen-bond donors (Lipinski definition) is 1. The lowest BCUT2D eigenvalue weighted by molar-refractivity contribution is -0.137. The van der Waals surface area contributed by atoms with Crippen molar-refractivity contribution in [3.8, 4) is 0 Å². The van der Waals surface area contributed by atoms with Crippen LogP contribution in [0.1, 0.15) is 23.6 Å². The first kappa shape index (κ1) is 19.1. The molecule has 2 aromatic rings. The van der Waals surface area contributed by atoms with Gasteiger partial charge >= 0.3 is 6.18 Å². The Hall–Kier alpha value is -2.19. The molecule has 1 amide bonds. The second-order valence-corrected chi connectivity index (χ2v) is 6.43. The van der Waals surface area contributed by atoms with Gasteiger partial charge in [-0.2, -0.15) is 13.2 Å². The molecule has 1 N–H and O–H groups in total. The number of para-hydroxylation sites is 1. The van der Waals surface area contributed by atoms with E-state index in [4.69, 9.17) is 0 Å². The number of carbonyl (C=O) groups is 1. The highest BCUT2D eigenvalue weighted by Crippen LogP contribution is 2.40. The maximum Gasteiger partial charge on any atom is 0.418 e. The second-order valence-electron chi connectivity index (χ2n) is 5.53. The molecule has 0 aliphatic heterocycles. The van der Waals surface area contributed by atoms with Crippen molar-refractivity contribution in [1.82, 2.24) is 0 Å². The van der Waals surface area contributed by atoms with Crippen molar-refractivity contribution in [2.24, 2.45) is 0 Å². The van der Waals surface area contributed by atoms with Crippen LogP contribution in [0.4, 0.5) is 24.5 Å². The largest absolute Gasteiger partial charge is 0.418 e. The predicted octanol–water partition coefficient (Wildman–Crippen LogP) is 4.59. The number of anilines is 2. The summed E-state index contributed by atoms with van der Waals surface area (Å²) in [6.45, 7) is 4.29. The van der Waals surface area contributed by atoms with Crippen LogP contribution in [0.15, 0.2) is 41.3 Å². The van der Waals surface area contributed by atoms with Gasteiger partial charge in [0.25, 0.3) is 0 Å². The summed E-state index contributed by atoms with van der Waals surface area (Å²) in [6.07, 6.45) is -4.62. The fraction of sp³-hybridized carbons (Fsp3) is 0.235. The van der Waals surface area contributed by atoms with Crippen LogP contribution in [-0.4, -0.2) is 14.7 Å². The van der Waals surface area contributed by atoms with Crippen molar-refractivity contribution in [3.63, 3.8) is 0 Å². The Morgan fingerprint density at radius 2 is 1.64 bits per heavy atom. The summed E-state index contributed by atoms with van der Waals surface area (Å²) in [4.78, 5) is 13.2. The molecule has 0 fully saturated rings. The van der Waals surface area contributed by atoms with Gasteiger partial charge in [-0.1, -0.05) is 12.1 Å². The molecule has 0 aromatic heterocycles. The van der Waals surface area contributed by atoms with Crippen molar-refractivity contribution in [2.75, 3.05) is 4.90 Å². The van der Waals surface area contributed by atoms with Gasteiger partial charge in [-0.15, -0.1) is 0 Å². The number of benzene rings is 2. The molecule has 4 nitrogen and oxygen atoms in total. The lowest BCUT2D eigenvalue weighted by Crippen LogP contribution is -2.26. The van der Waals surface area contributed by atoms with Crippen molar-refractivity contribution in [3.05, 3.63) is 53.1 Å². The lowest BCUT2D eigenvalue weighted by atomic mass is 10.1. The van der Waals surface area contributed by atoms with Crippen LogP contribution in [0.25, 0.3) is 0 Å². The number of nitrogens with zero attached hydrogens (tertiary/aromatic N) is 1. The zero-order valence-electron chi connectivity index (χ0n) is 13.7. The smallest absolute Gasteiger partial charge is 0.302 e. The van der Waals surface area contributed by atoms with E-state index in [2.05, 4.69) is 0 Å². The molecule has 0 spiro atoms. The normalized spacial score (nSPS) is 12.8. The zero-order valence-corrected chi connectivity index (χ0v) is 14.5. The van der Waals surface area contributed by atoms with Gasteiger partial charge in [0.2, 0.25) is 5.91 Å². The molecule has 1 atom stereocenters. The summed E-state index contributed by atoms with van der Waals surface area (Å²) in [5, 5.41) is 0. The third kappa shape index (κ3) is 3.91. The molecule has 0 radical (unpaired) electrons. The average Bonchev–Trinajstić information content (AvgIpc) is 2.45. The van der Waals surface area contributed by atoms with Crippen LogP contribution in [0.5, 0.6) is 0 Å². The number of rotatable bonds is 3. The standard InChI is InChI=1S/C17H16F3NO3S/c1-10-8-13(9-11(2)16(10)25(23)24)21(12(3)22)15-7-5-4-6-14(15)17(18,19)20/h4-9H,1-3H3,(H,23,24). The van der Waals surface area contributed by atoms with Crippen molar-refractivity contribution >= 4 is 28.4 Å². The van der Waals surface area contributed by atoms with Gasteiger partial charge in [0.15, 0.2) is 11.1 Å². The monoisotopic (exact) mass is 371 g/mol. The maximum absolute atomic E-state index is 13.3. The van der Waals surface area contributed by atoms with E-state index in [1.54, 1.807) is 13.8 Å². The third-order valence-corrected chi connectivity index (χ3v) is 4.64. The number of aryl methyl sites for hydroxylation is 2. The Balaban J connectivity index is 2.70. The highest BCUT2D eigenvalue weighted by Gasteiger charge is 2.35. The van der Waals surface area contributed by atoms with E-state index in [0.717, 1.165) is 17.9 Å². The third-order valence-electron chi connectivity index (χ3n) is 3.64. The molecule has 0 bridgehead atoms. The van der Waals surface area contributed by atoms with Gasteiger partial charge in [0.1, 0.15) is 0 Å². The number of alkyl halides is 3. The fourth-order valence-corrected chi connectivity index (χ4v) is 3.40. The average molecular weight is 371 g/mol. The van der Waals surface area contributed by atoms with Crippen molar-refractivity contribution in [1.29, 1.82) is 0 Å². The predicted molar refractivity (Wildman–Crippen MR) is 89.2 cm³/mol. The molecule has 134 valence electrons. The van der Waals surface area contributed by atoms with Crippen molar-refractivity contribution < 1.29 is 26.7 Å². The Labute approximate surface area is 145 Å². The molecule has 0 saturated carbocycles. The first-order valence-electron chi connectivity index (χ1n) is 7.23. The van der Waals surface area contributed by atoms with E-state index in [9.17, 15) is 26.7 Å². The van der Waals surface area contributed by atoms with Crippen LogP contribution in [0.3, 0.4) is 0 Å². The summed E-state index contributed by atoms with van der Waals surface area (Å²) in [6, 6.07) is 7.63. The molecule has 0 aliphatic carbocycles.